The summed E-state index contributed by atoms with van der Waals surface area (Å²) >= 11 is 7.00. The Labute approximate surface area is 141 Å². The molecule has 0 saturated carbocycles. The van der Waals surface area contributed by atoms with Gasteiger partial charge in [-0.05, 0) is 47.1 Å². The van der Waals surface area contributed by atoms with E-state index in [1.807, 2.05) is 36.4 Å². The molecular weight excluding hydrogens is 394 g/mol. The lowest BCUT2D eigenvalue weighted by atomic mass is 10.2. The lowest BCUT2D eigenvalue weighted by molar-refractivity contribution is 0.360. The third-order valence-electron chi connectivity index (χ3n) is 2.77. The van der Waals surface area contributed by atoms with Gasteiger partial charge in [0.05, 0.1) is 10.2 Å². The average molecular weight is 409 g/mol. The van der Waals surface area contributed by atoms with Crippen molar-refractivity contribution in [1.29, 1.82) is 0 Å². The summed E-state index contributed by atoms with van der Waals surface area (Å²) in [6, 6.07) is 12.0. The fourth-order valence-corrected chi connectivity index (χ4v) is 3.12. The highest BCUT2D eigenvalue weighted by atomic mass is 79.9. The molecule has 0 aliphatic heterocycles. The summed E-state index contributed by atoms with van der Waals surface area (Å²) in [6.07, 6.45) is 3.52. The summed E-state index contributed by atoms with van der Waals surface area (Å²) < 4.78 is 7.54. The van der Waals surface area contributed by atoms with E-state index in [9.17, 15) is 0 Å². The molecule has 2 aromatic rings. The Morgan fingerprint density at radius 1 is 1.19 bits per heavy atom. The van der Waals surface area contributed by atoms with Gasteiger partial charge < -0.3 is 4.74 Å². The van der Waals surface area contributed by atoms with Crippen LogP contribution in [0.5, 0.6) is 5.75 Å². The first-order valence-electron chi connectivity index (χ1n) is 6.43. The molecule has 0 aromatic heterocycles. The maximum atomic E-state index is 5.70. The summed E-state index contributed by atoms with van der Waals surface area (Å²) in [6.45, 7) is 6.18. The van der Waals surface area contributed by atoms with E-state index in [0.29, 0.717) is 6.61 Å². The second-order valence-electron chi connectivity index (χ2n) is 4.50. The number of ether oxygens (including phenoxy) is 1. The zero-order chi connectivity index (χ0) is 15.2. The van der Waals surface area contributed by atoms with Crippen LogP contribution in [0, 0.1) is 6.92 Å². The number of benzene rings is 2. The van der Waals surface area contributed by atoms with Gasteiger partial charge in [-0.15, -0.1) is 0 Å². The first kappa shape index (κ1) is 16.0. The highest BCUT2D eigenvalue weighted by molar-refractivity contribution is 9.11. The van der Waals surface area contributed by atoms with Gasteiger partial charge >= 0.3 is 0 Å². The Kier molecular flexibility index (Phi) is 5.76. The highest BCUT2D eigenvalue weighted by Crippen LogP contribution is 2.32. The number of aryl methyl sites for hydroxylation is 1. The van der Waals surface area contributed by atoms with Gasteiger partial charge in [0.1, 0.15) is 12.4 Å². The van der Waals surface area contributed by atoms with Crippen molar-refractivity contribution in [1.82, 2.24) is 0 Å². The molecule has 0 saturated heterocycles. The second-order valence-corrected chi connectivity index (χ2v) is 6.27. The van der Waals surface area contributed by atoms with Gasteiger partial charge in [-0.2, -0.15) is 0 Å². The molecule has 0 spiro atoms. The molecule has 0 radical (unpaired) electrons. The maximum absolute atomic E-state index is 5.70. The first-order valence-corrected chi connectivity index (χ1v) is 8.02. The van der Waals surface area contributed by atoms with E-state index in [4.69, 9.17) is 4.74 Å². The van der Waals surface area contributed by atoms with Gasteiger partial charge in [0.25, 0.3) is 0 Å². The van der Waals surface area contributed by atoms with E-state index in [0.717, 1.165) is 25.9 Å². The van der Waals surface area contributed by atoms with Crippen LogP contribution < -0.4 is 4.74 Å². The molecule has 108 valence electrons. The predicted octanol–water partition coefficient (Wildman–Crippen LogP) is 5.84. The minimum atomic E-state index is 0.450. The van der Waals surface area contributed by atoms with Crippen LogP contribution in [0.3, 0.4) is 0 Å². The van der Waals surface area contributed by atoms with Crippen molar-refractivity contribution in [3.05, 3.63) is 69.1 Å². The SMILES string of the molecule is C=CCOc1c(Br)cc(Br)cc1C=Nc1ccc(C)cc1. The molecule has 0 atom stereocenters. The summed E-state index contributed by atoms with van der Waals surface area (Å²) in [5, 5.41) is 0. The molecule has 21 heavy (non-hydrogen) atoms. The standard InChI is InChI=1S/C17H15Br2NO/c1-3-8-21-17-13(9-14(18)10-16(17)19)11-20-15-6-4-12(2)5-7-15/h3-7,9-11H,1,8H2,2H3. The Morgan fingerprint density at radius 2 is 1.90 bits per heavy atom. The number of rotatable bonds is 5. The number of nitrogens with zero attached hydrogens (tertiary/aromatic N) is 1. The Bertz CT molecular complexity index is 663. The van der Waals surface area contributed by atoms with Crippen molar-refractivity contribution < 1.29 is 4.74 Å². The Balaban J connectivity index is 2.33. The monoisotopic (exact) mass is 407 g/mol. The molecule has 0 aliphatic rings. The largest absolute Gasteiger partial charge is 0.488 e. The van der Waals surface area contributed by atoms with Crippen LogP contribution in [-0.2, 0) is 0 Å². The number of hydrogen-bond donors (Lipinski definition) is 0. The number of aliphatic imine (C=N–C) groups is 1. The van der Waals surface area contributed by atoms with Gasteiger partial charge in [-0.3, -0.25) is 4.99 Å². The molecule has 4 heteroatoms. The third-order valence-corrected chi connectivity index (χ3v) is 3.82. The van der Waals surface area contributed by atoms with Crippen molar-refractivity contribution in [2.24, 2.45) is 4.99 Å². The Hall–Kier alpha value is -1.39. The lowest BCUT2D eigenvalue weighted by Crippen LogP contribution is -1.98. The molecule has 0 bridgehead atoms. The molecule has 0 aliphatic carbocycles. The molecule has 0 fully saturated rings. The van der Waals surface area contributed by atoms with Gasteiger partial charge in [-0.1, -0.05) is 46.3 Å². The fraction of sp³-hybridized carbons (Fsp3) is 0.118. The normalized spacial score (nSPS) is 10.8. The zero-order valence-electron chi connectivity index (χ0n) is 11.6. The summed E-state index contributed by atoms with van der Waals surface area (Å²) in [5.41, 5.74) is 3.03. The van der Waals surface area contributed by atoms with E-state index in [2.05, 4.69) is 50.4 Å². The molecular formula is C17H15Br2NO. The fourth-order valence-electron chi connectivity index (χ4n) is 1.75. The third kappa shape index (κ3) is 4.55. The van der Waals surface area contributed by atoms with Gasteiger partial charge in [0, 0.05) is 16.3 Å². The zero-order valence-corrected chi connectivity index (χ0v) is 14.8. The quantitative estimate of drug-likeness (QED) is 0.450. The van der Waals surface area contributed by atoms with Crippen LogP contribution in [0.15, 0.2) is 63.0 Å². The van der Waals surface area contributed by atoms with E-state index in [1.165, 1.54) is 5.56 Å². The van der Waals surface area contributed by atoms with Crippen molar-refractivity contribution in [3.8, 4) is 5.75 Å². The van der Waals surface area contributed by atoms with Crippen LogP contribution in [0.4, 0.5) is 5.69 Å². The second kappa shape index (κ2) is 7.57. The van der Waals surface area contributed by atoms with Crippen LogP contribution >= 0.6 is 31.9 Å². The van der Waals surface area contributed by atoms with Crippen molar-refractivity contribution in [2.45, 2.75) is 6.92 Å². The minimum absolute atomic E-state index is 0.450. The lowest BCUT2D eigenvalue weighted by Gasteiger charge is -2.10. The van der Waals surface area contributed by atoms with E-state index >= 15 is 0 Å². The minimum Gasteiger partial charge on any atom is -0.488 e. The molecule has 2 rings (SSSR count). The summed E-state index contributed by atoms with van der Waals surface area (Å²) in [7, 11) is 0. The van der Waals surface area contributed by atoms with Gasteiger partial charge in [0.15, 0.2) is 0 Å². The molecule has 2 aromatic carbocycles. The topological polar surface area (TPSA) is 21.6 Å². The highest BCUT2D eigenvalue weighted by Gasteiger charge is 2.08. The smallest absolute Gasteiger partial charge is 0.142 e. The Morgan fingerprint density at radius 3 is 2.57 bits per heavy atom. The van der Waals surface area contributed by atoms with Crippen LogP contribution in [0.25, 0.3) is 0 Å². The number of hydrogen-bond acceptors (Lipinski definition) is 2. The maximum Gasteiger partial charge on any atom is 0.142 e. The molecule has 0 N–H and O–H groups in total. The van der Waals surface area contributed by atoms with Crippen LogP contribution in [0.1, 0.15) is 11.1 Å². The average Bonchev–Trinajstić information content (AvgIpc) is 2.45. The van der Waals surface area contributed by atoms with Crippen LogP contribution in [-0.4, -0.2) is 12.8 Å². The summed E-state index contributed by atoms with van der Waals surface area (Å²) in [5.74, 6) is 0.758. The van der Waals surface area contributed by atoms with Crippen molar-refractivity contribution in [3.63, 3.8) is 0 Å². The molecule has 0 heterocycles. The first-order chi connectivity index (χ1) is 10.1. The molecule has 0 amide bonds. The van der Waals surface area contributed by atoms with E-state index < -0.39 is 0 Å². The van der Waals surface area contributed by atoms with E-state index in [-0.39, 0.29) is 0 Å². The summed E-state index contributed by atoms with van der Waals surface area (Å²) in [4.78, 5) is 4.50. The van der Waals surface area contributed by atoms with Crippen molar-refractivity contribution in [2.75, 3.05) is 6.61 Å². The number of halogens is 2. The van der Waals surface area contributed by atoms with Crippen molar-refractivity contribution >= 4 is 43.8 Å². The van der Waals surface area contributed by atoms with Gasteiger partial charge in [0.2, 0.25) is 0 Å². The van der Waals surface area contributed by atoms with E-state index in [1.54, 1.807) is 12.3 Å². The van der Waals surface area contributed by atoms with Crippen LogP contribution in [0.2, 0.25) is 0 Å². The van der Waals surface area contributed by atoms with Gasteiger partial charge in [-0.25, -0.2) is 0 Å². The molecule has 0 unspecified atom stereocenters. The predicted molar refractivity (Wildman–Crippen MR) is 96.0 cm³/mol. The molecule has 2 nitrogen and oxygen atoms in total.